The Morgan fingerprint density at radius 2 is 1.86 bits per heavy atom. The number of aliphatic hydroxyl groups excluding tert-OH is 2. The van der Waals surface area contributed by atoms with Crippen LogP contribution in [0.1, 0.15) is 27.7 Å². The summed E-state index contributed by atoms with van der Waals surface area (Å²) in [7, 11) is 0. The highest BCUT2D eigenvalue weighted by atomic mass is 16.6. The van der Waals surface area contributed by atoms with Gasteiger partial charge in [-0.1, -0.05) is 20.8 Å². The van der Waals surface area contributed by atoms with Gasteiger partial charge in [-0.2, -0.15) is 0 Å². The molecule has 0 amide bonds. The van der Waals surface area contributed by atoms with Gasteiger partial charge in [0.15, 0.2) is 0 Å². The molecule has 1 fully saturated rings. The third kappa shape index (κ3) is 1.80. The highest BCUT2D eigenvalue weighted by molar-refractivity contribution is 5.03. The Morgan fingerprint density at radius 3 is 2.07 bits per heavy atom. The van der Waals surface area contributed by atoms with Crippen LogP contribution < -0.4 is 0 Å². The van der Waals surface area contributed by atoms with Crippen LogP contribution in [0.25, 0.3) is 0 Å². The van der Waals surface area contributed by atoms with E-state index in [0.29, 0.717) is 0 Å². The van der Waals surface area contributed by atoms with Gasteiger partial charge in [0, 0.05) is 0 Å². The molecule has 0 bridgehead atoms. The average Bonchev–Trinajstić information content (AvgIpc) is 2.23. The molecule has 84 valence electrons. The van der Waals surface area contributed by atoms with Crippen LogP contribution in [0.2, 0.25) is 0 Å². The molecule has 0 unspecified atom stereocenters. The van der Waals surface area contributed by atoms with Gasteiger partial charge in [0.05, 0.1) is 12.7 Å². The number of ether oxygens (including phenoxy) is 1. The molecule has 0 spiro atoms. The summed E-state index contributed by atoms with van der Waals surface area (Å²) in [5.41, 5.74) is -1.62. The molecular weight excluding hydrogens is 184 g/mol. The van der Waals surface area contributed by atoms with Crippen molar-refractivity contribution < 1.29 is 20.1 Å². The second-order valence-electron chi connectivity index (χ2n) is 5.26. The molecule has 0 aromatic carbocycles. The summed E-state index contributed by atoms with van der Waals surface area (Å²) in [6.07, 6.45) is -2.11. The van der Waals surface area contributed by atoms with Crippen molar-refractivity contribution >= 4 is 0 Å². The molecule has 1 saturated heterocycles. The maximum absolute atomic E-state index is 9.92. The third-order valence-electron chi connectivity index (χ3n) is 2.87. The highest BCUT2D eigenvalue weighted by Crippen LogP contribution is 2.39. The Labute approximate surface area is 84.5 Å². The standard InChI is InChI=1S/C10H20O4/c1-9(2,3)8-7(12)10(4,13)6(5-11)14-8/h6-8,11-13H,5H2,1-4H3/t6-,7+,8-,10-/m1/s1. The van der Waals surface area contributed by atoms with E-state index in [-0.39, 0.29) is 12.0 Å². The van der Waals surface area contributed by atoms with E-state index >= 15 is 0 Å². The zero-order chi connectivity index (χ0) is 11.1. The Morgan fingerprint density at radius 1 is 1.36 bits per heavy atom. The lowest BCUT2D eigenvalue weighted by Crippen LogP contribution is -2.48. The molecule has 4 atom stereocenters. The molecule has 14 heavy (non-hydrogen) atoms. The lowest BCUT2D eigenvalue weighted by atomic mass is 9.81. The van der Waals surface area contributed by atoms with Crippen LogP contribution in [0, 0.1) is 5.41 Å². The van der Waals surface area contributed by atoms with E-state index in [2.05, 4.69) is 0 Å². The first-order valence-electron chi connectivity index (χ1n) is 4.88. The molecule has 4 heteroatoms. The van der Waals surface area contributed by atoms with E-state index in [0.717, 1.165) is 0 Å². The maximum Gasteiger partial charge on any atom is 0.119 e. The summed E-state index contributed by atoms with van der Waals surface area (Å²) >= 11 is 0. The number of aliphatic hydroxyl groups is 3. The monoisotopic (exact) mass is 204 g/mol. The fourth-order valence-corrected chi connectivity index (χ4v) is 1.79. The number of hydrogen-bond acceptors (Lipinski definition) is 4. The van der Waals surface area contributed by atoms with Gasteiger partial charge in [0.2, 0.25) is 0 Å². The minimum absolute atomic E-state index is 0.257. The van der Waals surface area contributed by atoms with Crippen LogP contribution >= 0.6 is 0 Å². The number of hydrogen-bond donors (Lipinski definition) is 3. The van der Waals surface area contributed by atoms with E-state index in [4.69, 9.17) is 9.84 Å². The fraction of sp³-hybridized carbons (Fsp3) is 1.00. The lowest BCUT2D eigenvalue weighted by Gasteiger charge is -2.30. The summed E-state index contributed by atoms with van der Waals surface area (Å²) in [4.78, 5) is 0. The van der Waals surface area contributed by atoms with Crippen LogP contribution in [0.15, 0.2) is 0 Å². The summed E-state index contributed by atoms with van der Waals surface area (Å²) in [6.45, 7) is 6.99. The minimum atomic E-state index is -1.37. The topological polar surface area (TPSA) is 69.9 Å². The van der Waals surface area contributed by atoms with Crippen LogP contribution in [0.3, 0.4) is 0 Å². The first kappa shape index (κ1) is 11.9. The first-order chi connectivity index (χ1) is 6.21. The summed E-state index contributed by atoms with van der Waals surface area (Å²) in [6, 6.07) is 0. The van der Waals surface area contributed by atoms with Crippen LogP contribution in [0.5, 0.6) is 0 Å². The largest absolute Gasteiger partial charge is 0.394 e. The minimum Gasteiger partial charge on any atom is -0.394 e. The van der Waals surface area contributed by atoms with Gasteiger partial charge in [-0.05, 0) is 12.3 Å². The highest BCUT2D eigenvalue weighted by Gasteiger charge is 2.54. The summed E-state index contributed by atoms with van der Waals surface area (Å²) in [5.74, 6) is 0. The van der Waals surface area contributed by atoms with E-state index in [1.807, 2.05) is 20.8 Å². The summed E-state index contributed by atoms with van der Waals surface area (Å²) in [5, 5.41) is 28.8. The molecule has 0 aromatic rings. The van der Waals surface area contributed by atoms with Crippen molar-refractivity contribution in [1.82, 2.24) is 0 Å². The van der Waals surface area contributed by atoms with Crippen molar-refractivity contribution in [3.63, 3.8) is 0 Å². The van der Waals surface area contributed by atoms with Gasteiger partial charge >= 0.3 is 0 Å². The third-order valence-corrected chi connectivity index (χ3v) is 2.87. The Bertz CT molecular complexity index is 207. The zero-order valence-electron chi connectivity index (χ0n) is 9.19. The first-order valence-corrected chi connectivity index (χ1v) is 4.88. The second kappa shape index (κ2) is 3.45. The molecule has 1 heterocycles. The molecule has 0 saturated carbocycles. The van der Waals surface area contributed by atoms with Crippen LogP contribution in [-0.4, -0.2) is 45.8 Å². The average molecular weight is 204 g/mol. The van der Waals surface area contributed by atoms with Crippen molar-refractivity contribution in [1.29, 1.82) is 0 Å². The molecular formula is C10H20O4. The molecule has 1 rings (SSSR count). The van der Waals surface area contributed by atoms with Crippen molar-refractivity contribution in [2.24, 2.45) is 5.41 Å². The Hall–Kier alpha value is -0.160. The predicted molar refractivity (Wildman–Crippen MR) is 51.8 cm³/mol. The smallest absolute Gasteiger partial charge is 0.119 e. The van der Waals surface area contributed by atoms with Crippen LogP contribution in [0.4, 0.5) is 0 Å². The lowest BCUT2D eigenvalue weighted by molar-refractivity contribution is -0.0814. The van der Waals surface area contributed by atoms with Crippen molar-refractivity contribution in [3.8, 4) is 0 Å². The molecule has 3 N–H and O–H groups in total. The van der Waals surface area contributed by atoms with Gasteiger partial charge < -0.3 is 20.1 Å². The van der Waals surface area contributed by atoms with Crippen LogP contribution in [-0.2, 0) is 4.74 Å². The van der Waals surface area contributed by atoms with Crippen molar-refractivity contribution in [3.05, 3.63) is 0 Å². The molecule has 0 aliphatic carbocycles. The summed E-state index contributed by atoms with van der Waals surface area (Å²) < 4.78 is 5.45. The van der Waals surface area contributed by atoms with Gasteiger partial charge in [-0.25, -0.2) is 0 Å². The SMILES string of the molecule is CC(C)(C)[C@@H]1O[C@H](CO)[C@@](C)(O)[C@H]1O. The molecule has 0 aromatic heterocycles. The quantitative estimate of drug-likeness (QED) is 0.558. The predicted octanol–water partition coefficient (Wildman–Crippen LogP) is -0.0959. The fourth-order valence-electron chi connectivity index (χ4n) is 1.79. The molecule has 0 radical (unpaired) electrons. The van der Waals surface area contributed by atoms with E-state index in [1.165, 1.54) is 6.92 Å². The van der Waals surface area contributed by atoms with Crippen molar-refractivity contribution in [2.75, 3.05) is 6.61 Å². The van der Waals surface area contributed by atoms with Gasteiger partial charge in [-0.3, -0.25) is 0 Å². The zero-order valence-corrected chi connectivity index (χ0v) is 9.19. The normalized spacial score (nSPS) is 44.4. The van der Waals surface area contributed by atoms with E-state index in [9.17, 15) is 10.2 Å². The van der Waals surface area contributed by atoms with Crippen molar-refractivity contribution in [2.45, 2.75) is 51.6 Å². The molecule has 1 aliphatic rings. The Balaban J connectivity index is 2.88. The Kier molecular flexibility index (Phi) is 2.94. The van der Waals surface area contributed by atoms with Gasteiger partial charge in [0.25, 0.3) is 0 Å². The molecule has 4 nitrogen and oxygen atoms in total. The van der Waals surface area contributed by atoms with Gasteiger partial charge in [-0.15, -0.1) is 0 Å². The van der Waals surface area contributed by atoms with Gasteiger partial charge in [0.1, 0.15) is 17.8 Å². The van der Waals surface area contributed by atoms with E-state index in [1.54, 1.807) is 0 Å². The second-order valence-corrected chi connectivity index (χ2v) is 5.26. The molecule has 1 aliphatic heterocycles. The van der Waals surface area contributed by atoms with E-state index < -0.39 is 23.9 Å². The maximum atomic E-state index is 9.92. The number of rotatable bonds is 1.